The van der Waals surface area contributed by atoms with Crippen molar-refractivity contribution >= 4 is 21.5 Å². The van der Waals surface area contributed by atoms with E-state index in [4.69, 9.17) is 0 Å². The van der Waals surface area contributed by atoms with Crippen LogP contribution in [0.2, 0.25) is 0 Å². The van der Waals surface area contributed by atoms with Crippen LogP contribution in [-0.4, -0.2) is 21.3 Å². The van der Waals surface area contributed by atoms with Crippen molar-refractivity contribution in [3.8, 4) is 11.8 Å². The summed E-state index contributed by atoms with van der Waals surface area (Å²) in [4.78, 5) is 1.03. The Morgan fingerprint density at radius 2 is 2.33 bits per heavy atom. The van der Waals surface area contributed by atoms with E-state index in [2.05, 4.69) is 16.0 Å². The highest BCUT2D eigenvalue weighted by molar-refractivity contribution is 7.85. The molecule has 0 saturated heterocycles. The predicted octanol–water partition coefficient (Wildman–Crippen LogP) is 1.86. The van der Waals surface area contributed by atoms with Gasteiger partial charge in [-0.25, -0.2) is 0 Å². The van der Waals surface area contributed by atoms with Gasteiger partial charge in [0, 0.05) is 6.42 Å². The van der Waals surface area contributed by atoms with Crippen LogP contribution in [0.4, 0.5) is 0 Å². The SMILES string of the molecule is CS(=O)(=O)OCCCC#Cc1cccs1. The molecule has 0 N–H and O–H groups in total. The van der Waals surface area contributed by atoms with E-state index in [0.717, 1.165) is 11.1 Å². The number of thiophene rings is 1. The molecular formula is C10H12O3S2. The van der Waals surface area contributed by atoms with Crippen LogP contribution in [-0.2, 0) is 14.3 Å². The zero-order valence-electron chi connectivity index (χ0n) is 8.39. The van der Waals surface area contributed by atoms with E-state index in [9.17, 15) is 8.42 Å². The molecule has 5 heteroatoms. The molecule has 0 aliphatic rings. The zero-order valence-corrected chi connectivity index (χ0v) is 10.0. The van der Waals surface area contributed by atoms with Crippen molar-refractivity contribution in [1.29, 1.82) is 0 Å². The summed E-state index contributed by atoms with van der Waals surface area (Å²) in [6, 6.07) is 3.89. The molecule has 0 unspecified atom stereocenters. The first-order valence-electron chi connectivity index (χ1n) is 4.45. The van der Waals surface area contributed by atoms with Crippen molar-refractivity contribution in [3.05, 3.63) is 22.4 Å². The third kappa shape index (κ3) is 6.28. The van der Waals surface area contributed by atoms with E-state index < -0.39 is 10.1 Å². The van der Waals surface area contributed by atoms with Gasteiger partial charge in [0.2, 0.25) is 0 Å². The van der Waals surface area contributed by atoms with E-state index in [1.807, 2.05) is 17.5 Å². The zero-order chi connectivity index (χ0) is 11.1. The van der Waals surface area contributed by atoms with Crippen molar-refractivity contribution in [2.24, 2.45) is 0 Å². The fourth-order valence-corrected chi connectivity index (χ4v) is 1.88. The summed E-state index contributed by atoms with van der Waals surface area (Å²) in [7, 11) is -3.30. The third-order valence-electron chi connectivity index (χ3n) is 1.48. The maximum atomic E-state index is 10.6. The third-order valence-corrected chi connectivity index (χ3v) is 2.86. The molecule has 1 heterocycles. The Bertz CT molecular complexity index is 435. The molecule has 0 saturated carbocycles. The van der Waals surface area contributed by atoms with E-state index in [1.54, 1.807) is 11.3 Å². The molecule has 1 rings (SSSR count). The van der Waals surface area contributed by atoms with Crippen molar-refractivity contribution in [2.75, 3.05) is 12.9 Å². The molecule has 82 valence electrons. The first kappa shape index (κ1) is 12.2. The van der Waals surface area contributed by atoms with Gasteiger partial charge < -0.3 is 0 Å². The van der Waals surface area contributed by atoms with Gasteiger partial charge in [-0.1, -0.05) is 17.9 Å². The second-order valence-corrected chi connectivity index (χ2v) is 5.50. The van der Waals surface area contributed by atoms with Crippen LogP contribution in [0.25, 0.3) is 0 Å². The van der Waals surface area contributed by atoms with E-state index >= 15 is 0 Å². The van der Waals surface area contributed by atoms with Crippen molar-refractivity contribution in [3.63, 3.8) is 0 Å². The second kappa shape index (κ2) is 5.91. The molecule has 1 aromatic heterocycles. The molecule has 0 aromatic carbocycles. The first-order chi connectivity index (χ1) is 7.08. The highest BCUT2D eigenvalue weighted by Gasteiger charge is 1.98. The molecule has 0 aliphatic carbocycles. The van der Waals surface area contributed by atoms with Crippen molar-refractivity contribution in [1.82, 2.24) is 0 Å². The fourth-order valence-electron chi connectivity index (χ4n) is 0.870. The summed E-state index contributed by atoms with van der Waals surface area (Å²) >= 11 is 1.59. The predicted molar refractivity (Wildman–Crippen MR) is 61.2 cm³/mol. The van der Waals surface area contributed by atoms with Crippen LogP contribution in [0.5, 0.6) is 0 Å². The molecule has 0 spiro atoms. The van der Waals surface area contributed by atoms with Crippen LogP contribution >= 0.6 is 11.3 Å². The summed E-state index contributed by atoms with van der Waals surface area (Å²) < 4.78 is 25.8. The number of hydrogen-bond acceptors (Lipinski definition) is 4. The van der Waals surface area contributed by atoms with Gasteiger partial charge in [0.25, 0.3) is 10.1 Å². The Balaban J connectivity index is 2.17. The first-order valence-corrected chi connectivity index (χ1v) is 7.14. The molecule has 3 nitrogen and oxygen atoms in total. The molecule has 0 fully saturated rings. The van der Waals surface area contributed by atoms with Crippen LogP contribution in [0, 0.1) is 11.8 Å². The lowest BCUT2D eigenvalue weighted by molar-refractivity contribution is 0.317. The van der Waals surface area contributed by atoms with Gasteiger partial charge in [-0.15, -0.1) is 11.3 Å². The Hall–Kier alpha value is -0.830. The minimum atomic E-state index is -3.30. The number of unbranched alkanes of at least 4 members (excludes halogenated alkanes) is 1. The van der Waals surface area contributed by atoms with Crippen molar-refractivity contribution < 1.29 is 12.6 Å². The minimum Gasteiger partial charge on any atom is -0.270 e. The standard InChI is InChI=1S/C10H12O3S2/c1-15(11,12)13-8-4-2-3-6-10-7-5-9-14-10/h5,7,9H,2,4,8H2,1H3. The van der Waals surface area contributed by atoms with Crippen LogP contribution < -0.4 is 0 Å². The monoisotopic (exact) mass is 244 g/mol. The highest BCUT2D eigenvalue weighted by Crippen LogP contribution is 2.05. The summed E-state index contributed by atoms with van der Waals surface area (Å²) in [5.41, 5.74) is 0. The number of hydrogen-bond donors (Lipinski definition) is 0. The fraction of sp³-hybridized carbons (Fsp3) is 0.400. The Morgan fingerprint density at radius 3 is 2.93 bits per heavy atom. The molecule has 15 heavy (non-hydrogen) atoms. The molecule has 0 radical (unpaired) electrons. The van der Waals surface area contributed by atoms with Gasteiger partial charge in [-0.3, -0.25) is 4.18 Å². The van der Waals surface area contributed by atoms with Crippen LogP contribution in [0.1, 0.15) is 17.7 Å². The second-order valence-electron chi connectivity index (χ2n) is 2.91. The van der Waals surface area contributed by atoms with E-state index in [1.165, 1.54) is 0 Å². The average molecular weight is 244 g/mol. The van der Waals surface area contributed by atoms with Crippen LogP contribution in [0.3, 0.4) is 0 Å². The molecule has 0 bridgehead atoms. The summed E-state index contributed by atoms with van der Waals surface area (Å²) in [5, 5.41) is 1.97. The highest BCUT2D eigenvalue weighted by atomic mass is 32.2. The average Bonchev–Trinajstić information content (AvgIpc) is 2.61. The lowest BCUT2D eigenvalue weighted by Gasteiger charge is -1.96. The Morgan fingerprint density at radius 1 is 1.53 bits per heavy atom. The maximum absolute atomic E-state index is 10.6. The molecule has 1 aromatic rings. The lowest BCUT2D eigenvalue weighted by atomic mass is 10.3. The normalized spacial score (nSPS) is 10.7. The van der Waals surface area contributed by atoms with Gasteiger partial charge in [0.15, 0.2) is 0 Å². The minimum absolute atomic E-state index is 0.206. The lowest BCUT2D eigenvalue weighted by Crippen LogP contribution is -2.03. The van der Waals surface area contributed by atoms with E-state index in [0.29, 0.717) is 12.8 Å². The smallest absolute Gasteiger partial charge is 0.264 e. The topological polar surface area (TPSA) is 43.4 Å². The summed E-state index contributed by atoms with van der Waals surface area (Å²) in [6.45, 7) is 0.206. The molecule has 0 amide bonds. The summed E-state index contributed by atoms with van der Waals surface area (Å²) in [5.74, 6) is 5.95. The summed E-state index contributed by atoms with van der Waals surface area (Å²) in [6.07, 6.45) is 2.32. The largest absolute Gasteiger partial charge is 0.270 e. The number of rotatable bonds is 4. The quantitative estimate of drug-likeness (QED) is 0.461. The van der Waals surface area contributed by atoms with Gasteiger partial charge in [-0.2, -0.15) is 8.42 Å². The Kier molecular flexibility index (Phi) is 4.82. The van der Waals surface area contributed by atoms with Crippen molar-refractivity contribution in [2.45, 2.75) is 12.8 Å². The van der Waals surface area contributed by atoms with E-state index in [-0.39, 0.29) is 6.61 Å². The molecular weight excluding hydrogens is 232 g/mol. The van der Waals surface area contributed by atoms with Gasteiger partial charge in [0.1, 0.15) is 0 Å². The van der Waals surface area contributed by atoms with Crippen LogP contribution in [0.15, 0.2) is 17.5 Å². The van der Waals surface area contributed by atoms with Gasteiger partial charge >= 0.3 is 0 Å². The van der Waals surface area contributed by atoms with Gasteiger partial charge in [0.05, 0.1) is 17.7 Å². The molecule has 0 atom stereocenters. The van der Waals surface area contributed by atoms with Gasteiger partial charge in [-0.05, 0) is 17.9 Å². The Labute approximate surface area is 94.2 Å². The maximum Gasteiger partial charge on any atom is 0.264 e. The molecule has 0 aliphatic heterocycles.